The number of nitrogens with zero attached hydrogens (tertiary/aromatic N) is 6. The van der Waals surface area contributed by atoms with Crippen LogP contribution < -0.4 is 4.90 Å². The highest BCUT2D eigenvalue weighted by atomic mass is 32.1. The maximum atomic E-state index is 9.16. The molecule has 3 aromatic rings. The molecule has 0 amide bonds. The molecule has 1 fully saturated rings. The van der Waals surface area contributed by atoms with Crippen molar-refractivity contribution in [3.8, 4) is 0 Å². The van der Waals surface area contributed by atoms with Gasteiger partial charge in [0.15, 0.2) is 0 Å². The van der Waals surface area contributed by atoms with Crippen LogP contribution >= 0.6 is 11.3 Å². The number of anilines is 1. The standard InChI is InChI=1S/C22H28N6OS/c1-16(17-2-3-21-20(12-17)24-15-30-21)27-6-8-28(9-7-27)22-23-13-18-14-26(10-11-29)5-4-19(18)25-22/h2-3,12-13,15-16,29H,4-11,14H2,1H3. The third-order valence-corrected chi connectivity index (χ3v) is 7.21. The molecule has 1 N–H and O–H groups in total. The molecule has 0 aliphatic carbocycles. The fraction of sp³-hybridized carbons (Fsp3) is 0.500. The van der Waals surface area contributed by atoms with E-state index in [0.29, 0.717) is 6.04 Å². The number of aliphatic hydroxyl groups is 1. The van der Waals surface area contributed by atoms with Gasteiger partial charge in [-0.2, -0.15) is 0 Å². The normalized spacial score (nSPS) is 19.2. The second-order valence-corrected chi connectivity index (χ2v) is 9.06. The SMILES string of the molecule is CC(c1ccc2scnc2c1)N1CCN(c2ncc3c(n2)CCN(CCO)C3)CC1. The molecule has 0 spiro atoms. The van der Waals surface area contributed by atoms with Crippen LogP contribution in [-0.2, 0) is 13.0 Å². The van der Waals surface area contributed by atoms with E-state index in [1.165, 1.54) is 21.5 Å². The summed E-state index contributed by atoms with van der Waals surface area (Å²) in [4.78, 5) is 21.1. The zero-order valence-corrected chi connectivity index (χ0v) is 18.2. The highest BCUT2D eigenvalue weighted by Crippen LogP contribution is 2.27. The van der Waals surface area contributed by atoms with Gasteiger partial charge in [-0.05, 0) is 24.6 Å². The number of rotatable bonds is 5. The first-order chi connectivity index (χ1) is 14.7. The van der Waals surface area contributed by atoms with Gasteiger partial charge >= 0.3 is 0 Å². The number of benzene rings is 1. The van der Waals surface area contributed by atoms with Crippen molar-refractivity contribution in [2.45, 2.75) is 25.9 Å². The molecule has 7 nitrogen and oxygen atoms in total. The molecule has 158 valence electrons. The van der Waals surface area contributed by atoms with Crippen LogP contribution in [0.5, 0.6) is 0 Å². The summed E-state index contributed by atoms with van der Waals surface area (Å²) in [6, 6.07) is 7.04. The predicted octanol–water partition coefficient (Wildman–Crippen LogP) is 2.32. The number of aliphatic hydroxyl groups excluding tert-OH is 1. The molecular formula is C22H28N6OS. The van der Waals surface area contributed by atoms with Crippen LogP contribution in [0.4, 0.5) is 5.95 Å². The Bertz CT molecular complexity index is 1020. The molecule has 0 saturated carbocycles. The van der Waals surface area contributed by atoms with E-state index in [0.717, 1.165) is 63.7 Å². The van der Waals surface area contributed by atoms with E-state index in [2.05, 4.69) is 49.8 Å². The first-order valence-electron chi connectivity index (χ1n) is 10.7. The van der Waals surface area contributed by atoms with Gasteiger partial charge in [-0.1, -0.05) is 6.07 Å². The number of aromatic nitrogens is 3. The lowest BCUT2D eigenvalue weighted by Crippen LogP contribution is -2.48. The van der Waals surface area contributed by atoms with Crippen LogP contribution in [0.1, 0.15) is 29.8 Å². The number of hydrogen-bond acceptors (Lipinski definition) is 8. The van der Waals surface area contributed by atoms with Crippen molar-refractivity contribution >= 4 is 27.5 Å². The first kappa shape index (κ1) is 19.8. The van der Waals surface area contributed by atoms with Gasteiger partial charge in [-0.3, -0.25) is 9.80 Å². The summed E-state index contributed by atoms with van der Waals surface area (Å²) < 4.78 is 1.25. The number of β-amino-alcohol motifs (C(OH)–C–C–N with tert-alkyl or cyclic N) is 1. The van der Waals surface area contributed by atoms with Gasteiger partial charge in [0.2, 0.25) is 5.95 Å². The largest absolute Gasteiger partial charge is 0.395 e. The van der Waals surface area contributed by atoms with E-state index < -0.39 is 0 Å². The predicted molar refractivity (Wildman–Crippen MR) is 120 cm³/mol. The van der Waals surface area contributed by atoms with E-state index >= 15 is 0 Å². The average Bonchev–Trinajstić information content (AvgIpc) is 3.26. The van der Waals surface area contributed by atoms with Gasteiger partial charge in [-0.25, -0.2) is 15.0 Å². The van der Waals surface area contributed by atoms with E-state index in [1.807, 2.05) is 11.7 Å². The lowest BCUT2D eigenvalue weighted by molar-refractivity contribution is 0.183. The smallest absolute Gasteiger partial charge is 0.225 e. The van der Waals surface area contributed by atoms with Crippen molar-refractivity contribution in [2.75, 3.05) is 50.8 Å². The number of fused-ring (bicyclic) bond motifs is 2. The molecule has 1 atom stereocenters. The van der Waals surface area contributed by atoms with E-state index in [9.17, 15) is 0 Å². The molecule has 8 heteroatoms. The minimum absolute atomic E-state index is 0.203. The second-order valence-electron chi connectivity index (χ2n) is 8.17. The highest BCUT2D eigenvalue weighted by molar-refractivity contribution is 7.16. The lowest BCUT2D eigenvalue weighted by atomic mass is 10.1. The summed E-state index contributed by atoms with van der Waals surface area (Å²) >= 11 is 1.69. The fourth-order valence-electron chi connectivity index (χ4n) is 4.50. The van der Waals surface area contributed by atoms with Crippen LogP contribution in [0.15, 0.2) is 29.9 Å². The Morgan fingerprint density at radius 2 is 2.00 bits per heavy atom. The van der Waals surface area contributed by atoms with Crippen molar-refractivity contribution in [3.63, 3.8) is 0 Å². The van der Waals surface area contributed by atoms with Crippen molar-refractivity contribution in [1.29, 1.82) is 0 Å². The third-order valence-electron chi connectivity index (χ3n) is 6.40. The van der Waals surface area contributed by atoms with Gasteiger partial charge in [0.05, 0.1) is 28.0 Å². The Balaban J connectivity index is 1.22. The van der Waals surface area contributed by atoms with Crippen LogP contribution in [0.3, 0.4) is 0 Å². The topological polar surface area (TPSA) is 68.6 Å². The van der Waals surface area contributed by atoms with Crippen LogP contribution in [0.2, 0.25) is 0 Å². The third kappa shape index (κ3) is 3.92. The van der Waals surface area contributed by atoms with Crippen molar-refractivity contribution in [3.05, 3.63) is 46.7 Å². The van der Waals surface area contributed by atoms with Gasteiger partial charge in [0.1, 0.15) is 0 Å². The van der Waals surface area contributed by atoms with Gasteiger partial charge in [-0.15, -0.1) is 11.3 Å². The lowest BCUT2D eigenvalue weighted by Gasteiger charge is -2.38. The van der Waals surface area contributed by atoms with E-state index in [-0.39, 0.29) is 6.61 Å². The minimum Gasteiger partial charge on any atom is -0.395 e. The summed E-state index contributed by atoms with van der Waals surface area (Å²) in [5.74, 6) is 0.862. The zero-order chi connectivity index (χ0) is 20.5. The Morgan fingerprint density at radius 1 is 1.13 bits per heavy atom. The number of hydrogen-bond donors (Lipinski definition) is 1. The monoisotopic (exact) mass is 424 g/mol. The molecule has 0 radical (unpaired) electrons. The van der Waals surface area contributed by atoms with Gasteiger partial charge in [0, 0.05) is 70.0 Å². The number of thiazole rings is 1. The molecule has 30 heavy (non-hydrogen) atoms. The van der Waals surface area contributed by atoms with Crippen molar-refractivity contribution in [1.82, 2.24) is 24.8 Å². The van der Waals surface area contributed by atoms with E-state index in [4.69, 9.17) is 10.1 Å². The minimum atomic E-state index is 0.203. The van der Waals surface area contributed by atoms with Gasteiger partial charge < -0.3 is 10.0 Å². The van der Waals surface area contributed by atoms with Crippen molar-refractivity contribution < 1.29 is 5.11 Å². The fourth-order valence-corrected chi connectivity index (χ4v) is 5.16. The summed E-state index contributed by atoms with van der Waals surface area (Å²) in [6.45, 7) is 8.89. The summed E-state index contributed by atoms with van der Waals surface area (Å²) in [5.41, 5.74) is 6.72. The molecule has 2 aliphatic rings. The summed E-state index contributed by atoms with van der Waals surface area (Å²) in [7, 11) is 0. The van der Waals surface area contributed by atoms with Crippen LogP contribution in [-0.4, -0.2) is 75.7 Å². The quantitative estimate of drug-likeness (QED) is 0.674. The van der Waals surface area contributed by atoms with Crippen LogP contribution in [0, 0.1) is 0 Å². The Hall–Kier alpha value is -2.13. The number of piperazine rings is 1. The van der Waals surface area contributed by atoms with Gasteiger partial charge in [0.25, 0.3) is 0 Å². The average molecular weight is 425 g/mol. The molecule has 5 rings (SSSR count). The molecule has 0 bridgehead atoms. The maximum Gasteiger partial charge on any atom is 0.225 e. The summed E-state index contributed by atoms with van der Waals surface area (Å²) in [5, 5.41) is 9.16. The molecule has 1 unspecified atom stereocenters. The van der Waals surface area contributed by atoms with Crippen molar-refractivity contribution in [2.24, 2.45) is 0 Å². The Kier molecular flexibility index (Phi) is 5.64. The Labute approximate surface area is 181 Å². The molecule has 1 saturated heterocycles. The zero-order valence-electron chi connectivity index (χ0n) is 17.4. The van der Waals surface area contributed by atoms with E-state index in [1.54, 1.807) is 11.3 Å². The maximum absolute atomic E-state index is 9.16. The molecule has 4 heterocycles. The molecule has 2 aliphatic heterocycles. The van der Waals surface area contributed by atoms with Crippen LogP contribution in [0.25, 0.3) is 10.2 Å². The molecular weight excluding hydrogens is 396 g/mol. The molecule has 1 aromatic carbocycles. The first-order valence-corrected chi connectivity index (χ1v) is 11.6. The highest BCUT2D eigenvalue weighted by Gasteiger charge is 2.25. The molecule has 2 aromatic heterocycles. The Morgan fingerprint density at radius 3 is 2.83 bits per heavy atom. The second kappa shape index (κ2) is 8.55. The summed E-state index contributed by atoms with van der Waals surface area (Å²) in [6.07, 6.45) is 2.92.